The van der Waals surface area contributed by atoms with Gasteiger partial charge in [-0.05, 0) is 34.5 Å². The maximum absolute atomic E-state index is 12.5. The first-order valence-electron chi connectivity index (χ1n) is 11.1. The fourth-order valence-corrected chi connectivity index (χ4v) is 7.13. The first-order valence-corrected chi connectivity index (χ1v) is 14.7. The van der Waals surface area contributed by atoms with Crippen LogP contribution in [0.25, 0.3) is 21.0 Å². The van der Waals surface area contributed by atoms with Crippen molar-refractivity contribution in [3.05, 3.63) is 66.2 Å². The summed E-state index contributed by atoms with van der Waals surface area (Å²) in [7, 11) is 0. The number of fused-ring (bicyclic) bond motifs is 2. The summed E-state index contributed by atoms with van der Waals surface area (Å²) < 4.78 is 2.56. The molecule has 0 fully saturated rings. The van der Waals surface area contributed by atoms with Gasteiger partial charge in [0.25, 0.3) is 0 Å². The minimum atomic E-state index is -0.156. The quantitative estimate of drug-likeness (QED) is 0.156. The number of benzene rings is 3. The minimum absolute atomic E-state index is 0.0306. The highest BCUT2D eigenvalue weighted by Gasteiger charge is 2.12. The highest BCUT2D eigenvalue weighted by Crippen LogP contribution is 2.33. The molecule has 11 heteroatoms. The highest BCUT2D eigenvalue weighted by molar-refractivity contribution is 8.01. The van der Waals surface area contributed by atoms with E-state index in [1.165, 1.54) is 50.8 Å². The fourth-order valence-electron chi connectivity index (χ4n) is 3.45. The molecule has 7 nitrogen and oxygen atoms in total. The molecule has 0 atom stereocenters. The van der Waals surface area contributed by atoms with Crippen LogP contribution in [-0.2, 0) is 15.3 Å². The second-order valence-corrected chi connectivity index (χ2v) is 12.2. The van der Waals surface area contributed by atoms with Gasteiger partial charge < -0.3 is 5.32 Å². The molecule has 3 aromatic carbocycles. The molecule has 2 amide bonds. The summed E-state index contributed by atoms with van der Waals surface area (Å²) >= 11 is 5.85. The molecule has 5 aromatic rings. The fraction of sp³-hybridized carbons (Fsp3) is 0.160. The van der Waals surface area contributed by atoms with E-state index in [9.17, 15) is 9.59 Å². The number of hydrogen-bond acceptors (Lipinski definition) is 9. The zero-order chi connectivity index (χ0) is 24.9. The van der Waals surface area contributed by atoms with Crippen LogP contribution in [-0.4, -0.2) is 32.7 Å². The first-order chi connectivity index (χ1) is 17.6. The monoisotopic (exact) mass is 551 g/mol. The van der Waals surface area contributed by atoms with Gasteiger partial charge in [-0.25, -0.2) is 4.98 Å². The number of carbonyl (C=O) groups excluding carboxylic acids is 2. The summed E-state index contributed by atoms with van der Waals surface area (Å²) in [5.41, 5.74) is 2.83. The average Bonchev–Trinajstić information content (AvgIpc) is 3.52. The lowest BCUT2D eigenvalue weighted by Crippen LogP contribution is -2.13. The van der Waals surface area contributed by atoms with E-state index in [1.807, 2.05) is 37.3 Å². The number of aromatic nitrogens is 3. The maximum Gasteiger partial charge on any atom is 0.236 e. The van der Waals surface area contributed by atoms with Crippen LogP contribution < -0.4 is 10.6 Å². The third kappa shape index (κ3) is 6.04. The number of thioether (sulfide) groups is 2. The Hall–Kier alpha value is -2.99. The number of anilines is 2. The van der Waals surface area contributed by atoms with Gasteiger partial charge in [0.05, 0.1) is 16.0 Å². The molecule has 0 saturated carbocycles. The summed E-state index contributed by atoms with van der Waals surface area (Å²) in [6.45, 7) is 1.81. The molecule has 5 rings (SSSR count). The third-order valence-corrected chi connectivity index (χ3v) is 9.37. The third-order valence-electron chi connectivity index (χ3n) is 5.18. The molecule has 2 heterocycles. The van der Waals surface area contributed by atoms with Crippen molar-refractivity contribution in [2.75, 3.05) is 16.4 Å². The molecule has 0 spiro atoms. The van der Waals surface area contributed by atoms with Crippen LogP contribution in [0.5, 0.6) is 0 Å². The molecule has 0 aliphatic heterocycles. The second kappa shape index (κ2) is 11.4. The Labute approximate surface area is 224 Å². The van der Waals surface area contributed by atoms with Crippen LogP contribution in [0.4, 0.5) is 10.8 Å². The van der Waals surface area contributed by atoms with Crippen molar-refractivity contribution in [2.45, 2.75) is 27.8 Å². The van der Waals surface area contributed by atoms with Gasteiger partial charge in [-0.3, -0.25) is 14.9 Å². The van der Waals surface area contributed by atoms with Crippen molar-refractivity contribution < 1.29 is 9.59 Å². The molecule has 0 aliphatic carbocycles. The number of nitrogens with zero attached hydrogens (tertiary/aromatic N) is 3. The van der Waals surface area contributed by atoms with Gasteiger partial charge in [-0.1, -0.05) is 84.2 Å². The standard InChI is InChI=1S/C25H21N5O2S4/c1-2-21(31)26-17-10-11-19-20(12-17)35-24(27-19)34-14-22(32)28-23-29-30-25(36-23)33-13-16-8-5-7-15-6-3-4-9-18(15)16/h3-12H,2,13-14H2,1H3,(H,26,31)(H,28,29,32). The van der Waals surface area contributed by atoms with Crippen LogP contribution in [0.3, 0.4) is 0 Å². The zero-order valence-corrected chi connectivity index (χ0v) is 22.5. The second-order valence-electron chi connectivity index (χ2n) is 7.70. The summed E-state index contributed by atoms with van der Waals surface area (Å²) in [6.07, 6.45) is 0.427. The smallest absolute Gasteiger partial charge is 0.236 e. The van der Waals surface area contributed by atoms with Crippen LogP contribution >= 0.6 is 46.2 Å². The Balaban J connectivity index is 1.14. The molecule has 0 radical (unpaired) electrons. The van der Waals surface area contributed by atoms with E-state index in [-0.39, 0.29) is 17.6 Å². The maximum atomic E-state index is 12.5. The van der Waals surface area contributed by atoms with Gasteiger partial charge in [0, 0.05) is 17.9 Å². The predicted molar refractivity (Wildman–Crippen MR) is 151 cm³/mol. The van der Waals surface area contributed by atoms with E-state index in [0.29, 0.717) is 11.6 Å². The van der Waals surface area contributed by atoms with Crippen LogP contribution in [0.2, 0.25) is 0 Å². The Morgan fingerprint density at radius 3 is 2.64 bits per heavy atom. The zero-order valence-electron chi connectivity index (χ0n) is 19.2. The van der Waals surface area contributed by atoms with Crippen molar-refractivity contribution in [3.8, 4) is 0 Å². The Morgan fingerprint density at radius 1 is 0.889 bits per heavy atom. The number of thiazole rings is 1. The van der Waals surface area contributed by atoms with E-state index < -0.39 is 0 Å². The lowest BCUT2D eigenvalue weighted by molar-refractivity contribution is -0.116. The Kier molecular flexibility index (Phi) is 7.81. The van der Waals surface area contributed by atoms with E-state index >= 15 is 0 Å². The number of nitrogens with one attached hydrogen (secondary N) is 2. The van der Waals surface area contributed by atoms with E-state index in [4.69, 9.17) is 0 Å². The molecule has 2 aromatic heterocycles. The van der Waals surface area contributed by atoms with Gasteiger partial charge >= 0.3 is 0 Å². The topological polar surface area (TPSA) is 96.9 Å². The van der Waals surface area contributed by atoms with E-state index in [1.54, 1.807) is 11.8 Å². The van der Waals surface area contributed by atoms with Crippen molar-refractivity contribution in [3.63, 3.8) is 0 Å². The van der Waals surface area contributed by atoms with Crippen molar-refractivity contribution in [1.29, 1.82) is 0 Å². The Morgan fingerprint density at radius 2 is 1.75 bits per heavy atom. The molecule has 0 saturated heterocycles. The number of rotatable bonds is 9. The molecule has 0 aliphatic rings. The van der Waals surface area contributed by atoms with E-state index in [0.717, 1.165) is 30.3 Å². The van der Waals surface area contributed by atoms with Crippen molar-refractivity contribution in [2.24, 2.45) is 0 Å². The molecule has 36 heavy (non-hydrogen) atoms. The van der Waals surface area contributed by atoms with Gasteiger partial charge in [-0.2, -0.15) is 0 Å². The molecule has 2 N–H and O–H groups in total. The predicted octanol–water partition coefficient (Wildman–Crippen LogP) is 6.67. The highest BCUT2D eigenvalue weighted by atomic mass is 32.2. The van der Waals surface area contributed by atoms with Gasteiger partial charge in [0.15, 0.2) is 8.68 Å². The summed E-state index contributed by atoms with van der Waals surface area (Å²) in [6, 6.07) is 20.2. The number of carbonyl (C=O) groups is 2. The van der Waals surface area contributed by atoms with Gasteiger partial charge in [0.2, 0.25) is 16.9 Å². The molecule has 0 unspecified atom stereocenters. The van der Waals surface area contributed by atoms with Crippen LogP contribution in [0, 0.1) is 0 Å². The molecular formula is C25H21N5O2S4. The number of amides is 2. The van der Waals surface area contributed by atoms with Crippen molar-refractivity contribution in [1.82, 2.24) is 15.2 Å². The SMILES string of the molecule is CCC(=O)Nc1ccc2nc(SCC(=O)Nc3nnc(SCc4cccc5ccccc45)s3)sc2c1. The lowest BCUT2D eigenvalue weighted by atomic mass is 10.1. The van der Waals surface area contributed by atoms with Crippen molar-refractivity contribution >= 4 is 89.8 Å². The Bertz CT molecular complexity index is 1540. The average molecular weight is 552 g/mol. The first kappa shape index (κ1) is 24.7. The van der Waals surface area contributed by atoms with Crippen LogP contribution in [0.1, 0.15) is 18.9 Å². The summed E-state index contributed by atoms with van der Waals surface area (Å²) in [5.74, 6) is 0.812. The normalized spacial score (nSPS) is 11.1. The molecule has 0 bridgehead atoms. The van der Waals surface area contributed by atoms with Gasteiger partial charge in [0.1, 0.15) is 0 Å². The minimum Gasteiger partial charge on any atom is -0.326 e. The lowest BCUT2D eigenvalue weighted by Gasteiger charge is -2.04. The number of hydrogen-bond donors (Lipinski definition) is 2. The van der Waals surface area contributed by atoms with Crippen LogP contribution in [0.15, 0.2) is 69.3 Å². The van der Waals surface area contributed by atoms with E-state index in [2.05, 4.69) is 56.1 Å². The van der Waals surface area contributed by atoms with Gasteiger partial charge in [-0.15, -0.1) is 21.5 Å². The summed E-state index contributed by atoms with van der Waals surface area (Å²) in [5, 5.41) is 17.0. The molecule has 182 valence electrons. The molecular weight excluding hydrogens is 531 g/mol. The largest absolute Gasteiger partial charge is 0.326 e. The summed E-state index contributed by atoms with van der Waals surface area (Å²) in [4.78, 5) is 28.7.